The van der Waals surface area contributed by atoms with Crippen LogP contribution < -0.4 is 15.4 Å². The van der Waals surface area contributed by atoms with Gasteiger partial charge in [0, 0.05) is 36.8 Å². The first-order valence-electron chi connectivity index (χ1n) is 11.6. The summed E-state index contributed by atoms with van der Waals surface area (Å²) in [6.45, 7) is 3.48. The average Bonchev–Trinajstić information content (AvgIpc) is 2.86. The lowest BCUT2D eigenvalue weighted by Gasteiger charge is -2.17. The Hall–Kier alpha value is -3.62. The maximum Gasteiger partial charge on any atom is 0.308 e. The third kappa shape index (κ3) is 7.75. The van der Waals surface area contributed by atoms with Gasteiger partial charge in [0.1, 0.15) is 5.82 Å². The molecule has 0 radical (unpaired) electrons. The van der Waals surface area contributed by atoms with E-state index in [-0.39, 0.29) is 24.3 Å². The molecule has 0 amide bonds. The Kier molecular flexibility index (Phi) is 9.69. The molecule has 0 spiro atoms. The van der Waals surface area contributed by atoms with Gasteiger partial charge in [0.05, 0.1) is 32.8 Å². The Bertz CT molecular complexity index is 978. The highest BCUT2D eigenvalue weighted by atomic mass is 16.5. The van der Waals surface area contributed by atoms with Gasteiger partial charge < -0.3 is 24.8 Å². The van der Waals surface area contributed by atoms with Crippen molar-refractivity contribution in [2.75, 3.05) is 32.2 Å². The van der Waals surface area contributed by atoms with Crippen LogP contribution in [0.2, 0.25) is 0 Å². The highest BCUT2D eigenvalue weighted by molar-refractivity contribution is 5.84. The van der Waals surface area contributed by atoms with Crippen molar-refractivity contribution in [3.8, 4) is 5.88 Å². The smallest absolute Gasteiger partial charge is 0.308 e. The summed E-state index contributed by atoms with van der Waals surface area (Å²) in [5.41, 5.74) is 3.10. The number of methoxy groups -OCH3 is 1. The highest BCUT2D eigenvalue weighted by Crippen LogP contribution is 2.20. The van der Waals surface area contributed by atoms with Gasteiger partial charge in [0.25, 0.3) is 0 Å². The number of aryl methyl sites for hydroxylation is 2. The number of ether oxygens (including phenoxy) is 3. The number of fused-ring (bicyclic) bond motifs is 1. The summed E-state index contributed by atoms with van der Waals surface area (Å²) >= 11 is 0. The van der Waals surface area contributed by atoms with Gasteiger partial charge in [0.15, 0.2) is 0 Å². The number of anilines is 1. The highest BCUT2D eigenvalue weighted by Gasteiger charge is 2.16. The van der Waals surface area contributed by atoms with Crippen LogP contribution in [0.25, 0.3) is 0 Å². The van der Waals surface area contributed by atoms with Crippen LogP contribution in [-0.2, 0) is 27.1 Å². The predicted octanol–water partition coefficient (Wildman–Crippen LogP) is 3.57. The largest absolute Gasteiger partial charge is 0.481 e. The van der Waals surface area contributed by atoms with Crippen molar-refractivity contribution < 1.29 is 19.0 Å². The number of nitrogens with zero attached hydrogens (tertiary/aromatic N) is 2. The van der Waals surface area contributed by atoms with Crippen LogP contribution in [0.5, 0.6) is 5.88 Å². The standard InChI is InChI=1S/C25H33N5O4/c1-3-33-24(31)16-21(19-9-11-23(32-2)29-17-19)27-14-12-22(26)34-15-5-7-20-10-8-18-6-4-13-28-25(18)30-20/h8-12,14,17,21,26-27H,3-7,13,15-16H2,1-2H3,(H,28,30)/b14-12-,26-22?. The van der Waals surface area contributed by atoms with Crippen LogP contribution in [0.3, 0.4) is 0 Å². The molecule has 1 aliphatic rings. The van der Waals surface area contributed by atoms with E-state index in [0.29, 0.717) is 19.1 Å². The molecule has 9 nitrogen and oxygen atoms in total. The van der Waals surface area contributed by atoms with Crippen molar-refractivity contribution in [2.45, 2.75) is 45.1 Å². The van der Waals surface area contributed by atoms with Gasteiger partial charge in [-0.1, -0.05) is 12.1 Å². The van der Waals surface area contributed by atoms with E-state index >= 15 is 0 Å². The van der Waals surface area contributed by atoms with Crippen molar-refractivity contribution in [1.29, 1.82) is 5.41 Å². The van der Waals surface area contributed by atoms with E-state index in [9.17, 15) is 4.79 Å². The second-order valence-corrected chi connectivity index (χ2v) is 7.85. The molecule has 0 fully saturated rings. The lowest BCUT2D eigenvalue weighted by Crippen LogP contribution is -2.21. The Morgan fingerprint density at radius 1 is 1.29 bits per heavy atom. The topological polar surface area (TPSA) is 118 Å². The zero-order valence-electron chi connectivity index (χ0n) is 19.8. The monoisotopic (exact) mass is 467 g/mol. The molecular formula is C25H33N5O4. The summed E-state index contributed by atoms with van der Waals surface area (Å²) < 4.78 is 15.7. The van der Waals surface area contributed by atoms with E-state index in [1.54, 1.807) is 32.5 Å². The molecule has 0 saturated heterocycles. The van der Waals surface area contributed by atoms with Crippen LogP contribution >= 0.6 is 0 Å². The number of esters is 1. The van der Waals surface area contributed by atoms with Crippen LogP contribution in [0.15, 0.2) is 42.7 Å². The zero-order valence-corrected chi connectivity index (χ0v) is 19.8. The van der Waals surface area contributed by atoms with E-state index in [0.717, 1.165) is 49.3 Å². The van der Waals surface area contributed by atoms with E-state index in [1.165, 1.54) is 11.6 Å². The number of pyridine rings is 2. The lowest BCUT2D eigenvalue weighted by molar-refractivity contribution is -0.143. The summed E-state index contributed by atoms with van der Waals surface area (Å²) in [5.74, 6) is 1.21. The fourth-order valence-corrected chi connectivity index (χ4v) is 3.61. The number of hydrogen-bond acceptors (Lipinski definition) is 9. The van der Waals surface area contributed by atoms with Crippen LogP contribution in [0, 0.1) is 5.41 Å². The minimum Gasteiger partial charge on any atom is -0.481 e. The third-order valence-corrected chi connectivity index (χ3v) is 5.37. The average molecular weight is 468 g/mol. The summed E-state index contributed by atoms with van der Waals surface area (Å²) in [6.07, 6.45) is 8.68. The molecule has 1 unspecified atom stereocenters. The van der Waals surface area contributed by atoms with Gasteiger partial charge in [-0.3, -0.25) is 10.2 Å². The molecule has 2 aromatic rings. The maximum atomic E-state index is 12.0. The summed E-state index contributed by atoms with van der Waals surface area (Å²) in [7, 11) is 1.55. The number of rotatable bonds is 12. The number of aromatic nitrogens is 2. The molecule has 9 heteroatoms. The fourth-order valence-electron chi connectivity index (χ4n) is 3.61. The van der Waals surface area contributed by atoms with Crippen molar-refractivity contribution >= 4 is 17.7 Å². The normalized spacial score (nSPS) is 13.5. The maximum absolute atomic E-state index is 12.0. The van der Waals surface area contributed by atoms with Gasteiger partial charge in [-0.05, 0) is 49.8 Å². The van der Waals surface area contributed by atoms with Gasteiger partial charge >= 0.3 is 5.97 Å². The molecule has 1 aliphatic heterocycles. The molecule has 3 rings (SSSR count). The van der Waals surface area contributed by atoms with E-state index < -0.39 is 0 Å². The Morgan fingerprint density at radius 2 is 2.18 bits per heavy atom. The van der Waals surface area contributed by atoms with E-state index in [1.807, 2.05) is 6.07 Å². The molecule has 0 bridgehead atoms. The van der Waals surface area contributed by atoms with Gasteiger partial charge in [-0.25, -0.2) is 9.97 Å². The molecule has 3 heterocycles. The molecule has 1 atom stereocenters. The molecule has 182 valence electrons. The van der Waals surface area contributed by atoms with Crippen molar-refractivity contribution in [1.82, 2.24) is 15.3 Å². The van der Waals surface area contributed by atoms with E-state index in [4.69, 9.17) is 19.6 Å². The second kappa shape index (κ2) is 13.2. The third-order valence-electron chi connectivity index (χ3n) is 5.37. The van der Waals surface area contributed by atoms with E-state index in [2.05, 4.69) is 32.7 Å². The molecule has 0 saturated carbocycles. The number of carbonyl (C=O) groups is 1. The lowest BCUT2D eigenvalue weighted by atomic mass is 10.1. The van der Waals surface area contributed by atoms with Crippen molar-refractivity contribution in [2.24, 2.45) is 0 Å². The number of carbonyl (C=O) groups excluding carboxylic acids is 1. The molecule has 34 heavy (non-hydrogen) atoms. The first-order valence-corrected chi connectivity index (χ1v) is 11.6. The minimum atomic E-state index is -0.356. The summed E-state index contributed by atoms with van der Waals surface area (Å²) in [5, 5.41) is 14.5. The van der Waals surface area contributed by atoms with Crippen LogP contribution in [0.1, 0.15) is 49.0 Å². The Labute approximate surface area is 200 Å². The number of nitrogens with one attached hydrogen (secondary N) is 3. The summed E-state index contributed by atoms with van der Waals surface area (Å²) in [6, 6.07) is 7.43. The van der Waals surface area contributed by atoms with Crippen molar-refractivity contribution in [3.05, 3.63) is 59.6 Å². The summed E-state index contributed by atoms with van der Waals surface area (Å²) in [4.78, 5) is 20.9. The first kappa shape index (κ1) is 25.0. The predicted molar refractivity (Wildman–Crippen MR) is 130 cm³/mol. The van der Waals surface area contributed by atoms with Gasteiger partial charge in [0.2, 0.25) is 11.8 Å². The molecule has 0 aromatic carbocycles. The first-order chi connectivity index (χ1) is 16.6. The number of hydrogen-bond donors (Lipinski definition) is 3. The van der Waals surface area contributed by atoms with Gasteiger partial charge in [-0.15, -0.1) is 0 Å². The Morgan fingerprint density at radius 3 is 2.94 bits per heavy atom. The molecular weight excluding hydrogens is 434 g/mol. The zero-order chi connectivity index (χ0) is 24.2. The Balaban J connectivity index is 1.45. The SMILES string of the molecule is CCOC(=O)CC(N/C=C\C(=N)OCCCc1ccc2c(n1)NCCC2)c1ccc(OC)nc1. The fraction of sp³-hybridized carbons (Fsp3) is 0.440. The quantitative estimate of drug-likeness (QED) is 0.188. The minimum absolute atomic E-state index is 0.0373. The van der Waals surface area contributed by atoms with Crippen molar-refractivity contribution in [3.63, 3.8) is 0 Å². The van der Waals surface area contributed by atoms with Gasteiger partial charge in [-0.2, -0.15) is 0 Å². The molecule has 2 aromatic heterocycles. The molecule has 0 aliphatic carbocycles. The van der Waals surface area contributed by atoms with Crippen LogP contribution in [0.4, 0.5) is 5.82 Å². The molecule has 3 N–H and O–H groups in total. The van der Waals surface area contributed by atoms with Crippen LogP contribution in [-0.4, -0.2) is 48.7 Å². The second-order valence-electron chi connectivity index (χ2n) is 7.85.